The third-order valence-corrected chi connectivity index (χ3v) is 12.7. The number of hydrogen-bond acceptors (Lipinski definition) is 6. The summed E-state index contributed by atoms with van der Waals surface area (Å²) >= 11 is 0. The molecule has 1 aliphatic carbocycles. The lowest BCUT2D eigenvalue weighted by Gasteiger charge is -2.30. The van der Waals surface area contributed by atoms with Crippen molar-refractivity contribution in [3.8, 4) is 6.07 Å². The summed E-state index contributed by atoms with van der Waals surface area (Å²) in [6.45, 7) is 15.0. The molecule has 2 aromatic heterocycles. The molecular formula is C34H42N4O4SSi. The van der Waals surface area contributed by atoms with Gasteiger partial charge in [-0.2, -0.15) is 5.26 Å². The highest BCUT2D eigenvalue weighted by atomic mass is 32.2. The number of benzene rings is 2. The maximum atomic E-state index is 14.2. The van der Waals surface area contributed by atoms with Crippen molar-refractivity contribution in [2.75, 3.05) is 6.61 Å². The van der Waals surface area contributed by atoms with Gasteiger partial charge in [-0.25, -0.2) is 17.4 Å². The van der Waals surface area contributed by atoms with Crippen LogP contribution in [0.15, 0.2) is 66.4 Å². The Hall–Kier alpha value is -3.49. The van der Waals surface area contributed by atoms with Gasteiger partial charge in [0.05, 0.1) is 28.2 Å². The lowest BCUT2D eigenvalue weighted by Crippen LogP contribution is -2.38. The fourth-order valence-corrected chi connectivity index (χ4v) is 8.46. The largest absolute Gasteiger partial charge is 0.377 e. The summed E-state index contributed by atoms with van der Waals surface area (Å²) in [6, 6.07) is 13.9. The average molecular weight is 631 g/mol. The van der Waals surface area contributed by atoms with Crippen molar-refractivity contribution in [3.63, 3.8) is 0 Å². The van der Waals surface area contributed by atoms with Gasteiger partial charge in [0.1, 0.15) is 22.9 Å². The molecule has 0 fully saturated rings. The average Bonchev–Trinajstić information content (AvgIpc) is 3.58. The molecule has 1 aliphatic rings. The first-order chi connectivity index (χ1) is 20.6. The van der Waals surface area contributed by atoms with Crippen LogP contribution in [0.25, 0.3) is 21.9 Å². The summed E-state index contributed by atoms with van der Waals surface area (Å²) in [5.74, 6) is 0.358. The van der Waals surface area contributed by atoms with Crippen LogP contribution in [-0.4, -0.2) is 46.5 Å². The Bertz CT molecular complexity index is 1950. The van der Waals surface area contributed by atoms with Crippen LogP contribution in [0.3, 0.4) is 0 Å². The molecule has 0 bridgehead atoms. The van der Waals surface area contributed by atoms with E-state index in [-0.39, 0.29) is 6.73 Å². The van der Waals surface area contributed by atoms with Crippen LogP contribution < -0.4 is 0 Å². The predicted molar refractivity (Wildman–Crippen MR) is 179 cm³/mol. The van der Waals surface area contributed by atoms with E-state index in [1.807, 2.05) is 54.8 Å². The zero-order chi connectivity index (χ0) is 32.1. The van der Waals surface area contributed by atoms with Crippen LogP contribution in [0.4, 0.5) is 0 Å². The van der Waals surface area contributed by atoms with Gasteiger partial charge in [0.25, 0.3) is 0 Å². The molecule has 0 amide bonds. The molecule has 0 saturated carbocycles. The Morgan fingerprint density at radius 2 is 1.95 bits per heavy atom. The fourth-order valence-electron chi connectivity index (χ4n) is 5.94. The van der Waals surface area contributed by atoms with Crippen LogP contribution in [-0.2, 0) is 27.1 Å². The first-order valence-corrected chi connectivity index (χ1v) is 20.2. The molecule has 4 aromatic rings. The van der Waals surface area contributed by atoms with E-state index in [0.717, 1.165) is 29.1 Å². The molecule has 0 saturated heterocycles. The summed E-state index contributed by atoms with van der Waals surface area (Å²) in [6.07, 6.45) is 8.51. The molecule has 5 rings (SSSR count). The Balaban J connectivity index is 1.64. The topological polar surface area (TPSA) is 110 Å². The molecule has 2 atom stereocenters. The van der Waals surface area contributed by atoms with Crippen LogP contribution >= 0.6 is 0 Å². The number of allylic oxidation sites excluding steroid dienone is 3. The Kier molecular flexibility index (Phi) is 8.31. The van der Waals surface area contributed by atoms with Gasteiger partial charge in [0, 0.05) is 31.8 Å². The minimum atomic E-state index is -3.86. The monoisotopic (exact) mass is 630 g/mol. The molecule has 8 nitrogen and oxygen atoms in total. The van der Waals surface area contributed by atoms with Gasteiger partial charge >= 0.3 is 0 Å². The number of imidazole rings is 1. The third kappa shape index (κ3) is 5.58. The van der Waals surface area contributed by atoms with Gasteiger partial charge in [0.2, 0.25) is 10.0 Å². The summed E-state index contributed by atoms with van der Waals surface area (Å²) < 4.78 is 36.7. The van der Waals surface area contributed by atoms with E-state index in [1.165, 1.54) is 3.97 Å². The molecule has 1 N–H and O–H groups in total. The minimum absolute atomic E-state index is 0.181. The lowest BCUT2D eigenvalue weighted by molar-refractivity contribution is 0.0571. The van der Waals surface area contributed by atoms with Gasteiger partial charge < -0.3 is 14.4 Å². The molecule has 2 heterocycles. The Labute approximate surface area is 261 Å². The van der Waals surface area contributed by atoms with Gasteiger partial charge in [-0.15, -0.1) is 0 Å². The molecule has 2 unspecified atom stereocenters. The molecule has 232 valence electrons. The fraction of sp³-hybridized carbons (Fsp3) is 0.412. The molecular weight excluding hydrogens is 589 g/mol. The van der Waals surface area contributed by atoms with Gasteiger partial charge in [-0.05, 0) is 69.5 Å². The molecule has 10 heteroatoms. The van der Waals surface area contributed by atoms with Crippen molar-refractivity contribution in [2.45, 2.75) is 83.3 Å². The molecule has 0 aliphatic heterocycles. The maximum Gasteiger partial charge on any atom is 0.248 e. The van der Waals surface area contributed by atoms with E-state index in [9.17, 15) is 18.8 Å². The second-order valence-corrected chi connectivity index (χ2v) is 21.3. The second kappa shape index (κ2) is 11.5. The molecule has 2 aromatic carbocycles. The summed E-state index contributed by atoms with van der Waals surface area (Å²) in [7, 11) is -5.18. The Morgan fingerprint density at radius 3 is 2.64 bits per heavy atom. The third-order valence-electron chi connectivity index (χ3n) is 8.67. The van der Waals surface area contributed by atoms with Crippen molar-refractivity contribution < 1.29 is 18.3 Å². The SMILES string of the molecule is CCC1=CC(C)(S(=O)(=O)n2ccc3c(C(C)(O)c4nc5cc(C#N)ccc5n4COCC[Si](C)(C)C)ccc(C)c32)CC=C1. The van der Waals surface area contributed by atoms with Crippen molar-refractivity contribution in [3.05, 3.63) is 88.9 Å². The van der Waals surface area contributed by atoms with Gasteiger partial charge in [0.15, 0.2) is 0 Å². The lowest BCUT2D eigenvalue weighted by atomic mass is 9.91. The number of nitrogens with zero attached hydrogens (tertiary/aromatic N) is 4. The number of rotatable bonds is 10. The number of nitriles is 1. The maximum absolute atomic E-state index is 14.2. The first kappa shape index (κ1) is 31.9. The predicted octanol–water partition coefficient (Wildman–Crippen LogP) is 6.97. The van der Waals surface area contributed by atoms with E-state index in [2.05, 4.69) is 25.7 Å². The molecule has 0 spiro atoms. The normalized spacial score (nSPS) is 18.8. The Morgan fingerprint density at radius 1 is 1.20 bits per heavy atom. The van der Waals surface area contributed by atoms with Gasteiger partial charge in [-0.3, -0.25) is 0 Å². The minimum Gasteiger partial charge on any atom is -0.377 e. The van der Waals surface area contributed by atoms with E-state index in [4.69, 9.17) is 9.72 Å². The summed E-state index contributed by atoms with van der Waals surface area (Å²) in [4.78, 5) is 4.83. The van der Waals surface area contributed by atoms with Crippen molar-refractivity contribution in [1.29, 1.82) is 5.26 Å². The number of hydrogen-bond donors (Lipinski definition) is 1. The summed E-state index contributed by atoms with van der Waals surface area (Å²) in [5, 5.41) is 22.5. The standard InChI is InChI=1S/C34H42N4O4SSi/c1-8-25-10-9-16-33(3,21-25)43(40,41)38-17-15-27-28(13-11-24(2)31(27)38)34(4,39)32-36-29-20-26(22-35)12-14-30(29)37(32)23-42-18-19-44(5,6)7/h9-15,17,20-21,39H,8,16,18-19,23H2,1-7H3. The number of aromatic nitrogens is 3. The van der Waals surface area contributed by atoms with Crippen molar-refractivity contribution >= 4 is 40.0 Å². The zero-order valence-corrected chi connectivity index (χ0v) is 28.5. The van der Waals surface area contributed by atoms with Crippen LogP contribution in [0.5, 0.6) is 0 Å². The quantitative estimate of drug-likeness (QED) is 0.150. The van der Waals surface area contributed by atoms with Gasteiger partial charge in [-0.1, -0.05) is 62.5 Å². The second-order valence-electron chi connectivity index (χ2n) is 13.4. The van der Waals surface area contributed by atoms with Crippen LogP contribution in [0, 0.1) is 18.3 Å². The number of aryl methyl sites for hydroxylation is 1. The van der Waals surface area contributed by atoms with Crippen LogP contribution in [0.2, 0.25) is 25.7 Å². The first-order valence-electron chi connectivity index (χ1n) is 15.1. The van der Waals surface area contributed by atoms with Crippen molar-refractivity contribution in [1.82, 2.24) is 13.5 Å². The highest BCUT2D eigenvalue weighted by molar-refractivity contribution is 7.91. The van der Waals surface area contributed by atoms with E-state index in [1.54, 1.807) is 38.2 Å². The van der Waals surface area contributed by atoms with E-state index in [0.29, 0.717) is 46.4 Å². The van der Waals surface area contributed by atoms with Crippen LogP contribution in [0.1, 0.15) is 56.1 Å². The number of ether oxygens (including phenoxy) is 1. The highest BCUT2D eigenvalue weighted by Crippen LogP contribution is 2.40. The number of fused-ring (bicyclic) bond motifs is 2. The van der Waals surface area contributed by atoms with E-state index < -0.39 is 28.4 Å². The molecule has 44 heavy (non-hydrogen) atoms. The van der Waals surface area contributed by atoms with Crippen molar-refractivity contribution in [2.24, 2.45) is 0 Å². The highest BCUT2D eigenvalue weighted by Gasteiger charge is 2.41. The summed E-state index contributed by atoms with van der Waals surface area (Å²) in [5.41, 5.74) is 3.01. The number of aliphatic hydroxyl groups is 1. The smallest absolute Gasteiger partial charge is 0.248 e. The zero-order valence-electron chi connectivity index (χ0n) is 26.7. The molecule has 0 radical (unpaired) electrons. The van der Waals surface area contributed by atoms with E-state index >= 15 is 0 Å².